The van der Waals surface area contributed by atoms with Gasteiger partial charge >= 0.3 is 0 Å². The van der Waals surface area contributed by atoms with Crippen molar-refractivity contribution in [2.45, 2.75) is 32.7 Å². The minimum atomic E-state index is -0.0848. The van der Waals surface area contributed by atoms with Gasteiger partial charge in [-0.3, -0.25) is 9.78 Å². The quantitative estimate of drug-likeness (QED) is 0.681. The van der Waals surface area contributed by atoms with Gasteiger partial charge in [0.2, 0.25) is 0 Å². The maximum atomic E-state index is 12.2. The molecule has 9 heteroatoms. The van der Waals surface area contributed by atoms with Crippen molar-refractivity contribution < 1.29 is 0 Å². The van der Waals surface area contributed by atoms with Gasteiger partial charge in [0.1, 0.15) is 18.5 Å². The fourth-order valence-electron chi connectivity index (χ4n) is 3.03. The zero-order valence-electron chi connectivity index (χ0n) is 15.6. The average molecular weight is 366 g/mol. The van der Waals surface area contributed by atoms with Crippen molar-refractivity contribution in [3.63, 3.8) is 0 Å². The van der Waals surface area contributed by atoms with E-state index < -0.39 is 0 Å². The van der Waals surface area contributed by atoms with Crippen LogP contribution in [0.25, 0.3) is 5.82 Å². The Balaban J connectivity index is 1.44. The maximum Gasteiger partial charge on any atom is 0.266 e. The lowest BCUT2D eigenvalue weighted by Crippen LogP contribution is -2.50. The van der Waals surface area contributed by atoms with Crippen molar-refractivity contribution in [1.82, 2.24) is 34.5 Å². The van der Waals surface area contributed by atoms with Gasteiger partial charge in [-0.25, -0.2) is 19.3 Å². The summed E-state index contributed by atoms with van der Waals surface area (Å²) >= 11 is 0. The summed E-state index contributed by atoms with van der Waals surface area (Å²) in [7, 11) is 0. The number of hydrogen-bond donors (Lipinski definition) is 0. The van der Waals surface area contributed by atoms with Crippen molar-refractivity contribution in [3.05, 3.63) is 53.2 Å². The summed E-state index contributed by atoms with van der Waals surface area (Å²) in [4.78, 5) is 27.0. The van der Waals surface area contributed by atoms with E-state index >= 15 is 0 Å². The standard InChI is InChI=1S/C18H22N8O/c1-18(2,3)14-4-5-17(27)25(23-14)10-13-8-24(9-13)15-6-19-7-16(22-15)26-12-20-11-21-26/h4-7,11-13H,8-10H2,1-3H3. The molecule has 0 aromatic carbocycles. The Morgan fingerprint density at radius 2 is 1.89 bits per heavy atom. The highest BCUT2D eigenvalue weighted by Gasteiger charge is 2.29. The van der Waals surface area contributed by atoms with Crippen LogP contribution in [0.5, 0.6) is 0 Å². The average Bonchev–Trinajstić information content (AvgIpc) is 3.13. The SMILES string of the molecule is CC(C)(C)c1ccc(=O)n(CC2CN(c3cncc(-n4cncn4)n3)C2)n1. The highest BCUT2D eigenvalue weighted by Crippen LogP contribution is 2.24. The first kappa shape index (κ1) is 17.3. The van der Waals surface area contributed by atoms with Crippen LogP contribution >= 0.6 is 0 Å². The second-order valence-corrected chi connectivity index (χ2v) is 7.84. The summed E-state index contributed by atoms with van der Waals surface area (Å²) in [6, 6.07) is 3.42. The highest BCUT2D eigenvalue weighted by atomic mass is 16.1. The summed E-state index contributed by atoms with van der Waals surface area (Å²) in [5.41, 5.74) is 0.775. The van der Waals surface area contributed by atoms with E-state index in [-0.39, 0.29) is 11.0 Å². The molecule has 3 aromatic heterocycles. The van der Waals surface area contributed by atoms with Gasteiger partial charge in [0.05, 0.1) is 24.6 Å². The van der Waals surface area contributed by atoms with Crippen LogP contribution in [-0.4, -0.2) is 47.6 Å². The summed E-state index contributed by atoms with van der Waals surface area (Å²) in [5, 5.41) is 8.63. The molecule has 9 nitrogen and oxygen atoms in total. The lowest BCUT2D eigenvalue weighted by atomic mass is 9.92. The van der Waals surface area contributed by atoms with Gasteiger partial charge in [-0.15, -0.1) is 0 Å². The Labute approximate surface area is 156 Å². The van der Waals surface area contributed by atoms with Crippen LogP contribution in [0.3, 0.4) is 0 Å². The number of hydrogen-bond acceptors (Lipinski definition) is 7. The number of rotatable bonds is 4. The molecule has 0 atom stereocenters. The van der Waals surface area contributed by atoms with Crippen LogP contribution in [0.2, 0.25) is 0 Å². The largest absolute Gasteiger partial charge is 0.354 e. The fourth-order valence-corrected chi connectivity index (χ4v) is 3.03. The van der Waals surface area contributed by atoms with Gasteiger partial charge < -0.3 is 4.90 Å². The maximum absolute atomic E-state index is 12.2. The van der Waals surface area contributed by atoms with Crippen molar-refractivity contribution in [3.8, 4) is 5.82 Å². The Morgan fingerprint density at radius 1 is 1.11 bits per heavy atom. The van der Waals surface area contributed by atoms with Crippen molar-refractivity contribution in [1.29, 1.82) is 0 Å². The molecule has 1 fully saturated rings. The molecule has 4 rings (SSSR count). The van der Waals surface area contributed by atoms with Crippen LogP contribution in [0.4, 0.5) is 5.82 Å². The molecule has 140 valence electrons. The Kier molecular flexibility index (Phi) is 4.21. The van der Waals surface area contributed by atoms with Crippen LogP contribution in [0, 0.1) is 5.92 Å². The van der Waals surface area contributed by atoms with E-state index in [1.54, 1.807) is 34.2 Å². The zero-order chi connectivity index (χ0) is 19.0. The molecular weight excluding hydrogens is 344 g/mol. The molecule has 0 spiro atoms. The molecule has 0 saturated carbocycles. The predicted molar refractivity (Wildman–Crippen MR) is 99.8 cm³/mol. The Hall–Kier alpha value is -3.10. The molecule has 1 aliphatic heterocycles. The number of anilines is 1. The van der Waals surface area contributed by atoms with E-state index in [1.807, 2.05) is 6.07 Å². The Bertz CT molecular complexity index is 983. The van der Waals surface area contributed by atoms with E-state index in [1.165, 1.54) is 6.33 Å². The van der Waals surface area contributed by atoms with Gasteiger partial charge in [-0.1, -0.05) is 20.8 Å². The molecular formula is C18H22N8O. The van der Waals surface area contributed by atoms with Gasteiger partial charge in [0.25, 0.3) is 5.56 Å². The summed E-state index contributed by atoms with van der Waals surface area (Å²) in [6.45, 7) is 8.50. The van der Waals surface area contributed by atoms with Gasteiger partial charge in [0.15, 0.2) is 5.82 Å². The molecule has 0 aliphatic carbocycles. The number of nitrogens with zero attached hydrogens (tertiary/aromatic N) is 8. The van der Waals surface area contributed by atoms with E-state index in [4.69, 9.17) is 0 Å². The highest BCUT2D eigenvalue weighted by molar-refractivity contribution is 5.42. The van der Waals surface area contributed by atoms with Gasteiger partial charge in [0, 0.05) is 30.5 Å². The first-order valence-corrected chi connectivity index (χ1v) is 8.91. The van der Waals surface area contributed by atoms with Crippen LogP contribution in [-0.2, 0) is 12.0 Å². The molecule has 27 heavy (non-hydrogen) atoms. The van der Waals surface area contributed by atoms with Crippen molar-refractivity contribution >= 4 is 5.82 Å². The Morgan fingerprint density at radius 3 is 2.59 bits per heavy atom. The molecule has 0 bridgehead atoms. The predicted octanol–water partition coefficient (Wildman–Crippen LogP) is 1.05. The van der Waals surface area contributed by atoms with Gasteiger partial charge in [-0.2, -0.15) is 10.2 Å². The normalized spacial score (nSPS) is 15.0. The lowest BCUT2D eigenvalue weighted by Gasteiger charge is -2.40. The summed E-state index contributed by atoms with van der Waals surface area (Å²) in [5.74, 6) is 1.77. The monoisotopic (exact) mass is 366 g/mol. The van der Waals surface area contributed by atoms with Crippen molar-refractivity contribution in [2.24, 2.45) is 5.92 Å². The van der Waals surface area contributed by atoms with E-state index in [0.29, 0.717) is 18.3 Å². The second kappa shape index (κ2) is 6.57. The van der Waals surface area contributed by atoms with Crippen molar-refractivity contribution in [2.75, 3.05) is 18.0 Å². The third-order valence-electron chi connectivity index (χ3n) is 4.61. The van der Waals surface area contributed by atoms with E-state index in [2.05, 4.69) is 50.8 Å². The molecule has 3 aromatic rings. The minimum absolute atomic E-state index is 0.0607. The first-order valence-electron chi connectivity index (χ1n) is 8.91. The third-order valence-corrected chi connectivity index (χ3v) is 4.61. The molecule has 0 radical (unpaired) electrons. The molecule has 4 heterocycles. The van der Waals surface area contributed by atoms with E-state index in [9.17, 15) is 4.79 Å². The smallest absolute Gasteiger partial charge is 0.266 e. The zero-order valence-corrected chi connectivity index (χ0v) is 15.6. The molecule has 0 unspecified atom stereocenters. The second-order valence-electron chi connectivity index (χ2n) is 7.84. The third kappa shape index (κ3) is 3.57. The van der Waals surface area contributed by atoms with Crippen LogP contribution in [0.15, 0.2) is 42.0 Å². The fraction of sp³-hybridized carbons (Fsp3) is 0.444. The first-order chi connectivity index (χ1) is 12.9. The minimum Gasteiger partial charge on any atom is -0.354 e. The number of aromatic nitrogens is 7. The summed E-state index contributed by atoms with van der Waals surface area (Å²) in [6.07, 6.45) is 6.44. The molecule has 0 N–H and O–H groups in total. The van der Waals surface area contributed by atoms with Gasteiger partial charge in [-0.05, 0) is 6.07 Å². The topological polar surface area (TPSA) is 94.6 Å². The summed E-state index contributed by atoms with van der Waals surface area (Å²) < 4.78 is 3.16. The molecule has 1 aliphatic rings. The lowest BCUT2D eigenvalue weighted by molar-refractivity contribution is 0.327. The van der Waals surface area contributed by atoms with Crippen LogP contribution in [0.1, 0.15) is 26.5 Å². The van der Waals surface area contributed by atoms with E-state index in [0.717, 1.165) is 24.6 Å². The molecule has 1 saturated heterocycles. The van der Waals surface area contributed by atoms with Crippen LogP contribution < -0.4 is 10.5 Å². The molecule has 0 amide bonds.